The van der Waals surface area contributed by atoms with Crippen LogP contribution in [0.25, 0.3) is 11.3 Å². The normalized spacial score (nSPS) is 10.6. The molecule has 7 heteroatoms. The van der Waals surface area contributed by atoms with Crippen LogP contribution in [0.15, 0.2) is 94.8 Å². The first-order chi connectivity index (χ1) is 15.1. The molecular formula is C24H18BrN3OS2. The van der Waals surface area contributed by atoms with E-state index in [-0.39, 0.29) is 11.0 Å². The Kier molecular flexibility index (Phi) is 6.86. The molecule has 3 aromatic carbocycles. The summed E-state index contributed by atoms with van der Waals surface area (Å²) in [7, 11) is 0. The minimum Gasteiger partial charge on any atom is -0.308 e. The third-order valence-corrected chi connectivity index (χ3v) is 6.12. The molecule has 1 amide bonds. The number of thiocarbonyl (C=S) groups is 1. The fourth-order valence-electron chi connectivity index (χ4n) is 3.18. The van der Waals surface area contributed by atoms with Crippen LogP contribution < -0.4 is 10.6 Å². The highest BCUT2D eigenvalue weighted by Crippen LogP contribution is 2.27. The maximum Gasteiger partial charge on any atom is 0.238 e. The summed E-state index contributed by atoms with van der Waals surface area (Å²) >= 11 is 10.3. The number of nitrogens with one attached hydrogen (secondary N) is 2. The van der Waals surface area contributed by atoms with Crippen LogP contribution in [0.2, 0.25) is 0 Å². The number of anilines is 1. The van der Waals surface area contributed by atoms with Crippen molar-refractivity contribution in [2.75, 3.05) is 5.32 Å². The van der Waals surface area contributed by atoms with Crippen LogP contribution in [0.5, 0.6) is 0 Å². The minimum absolute atomic E-state index is 0.195. The van der Waals surface area contributed by atoms with Gasteiger partial charge >= 0.3 is 0 Å². The molecule has 0 aliphatic carbocycles. The average Bonchev–Trinajstić information content (AvgIpc) is 3.24. The first kappa shape index (κ1) is 21.4. The van der Waals surface area contributed by atoms with Crippen LogP contribution in [0.3, 0.4) is 0 Å². The van der Waals surface area contributed by atoms with E-state index in [1.807, 2.05) is 90.3 Å². The number of carbonyl (C=O) groups excluding carboxylic acids is 1. The predicted octanol–water partition coefficient (Wildman–Crippen LogP) is 6.22. The van der Waals surface area contributed by atoms with E-state index in [9.17, 15) is 4.79 Å². The molecule has 0 unspecified atom stereocenters. The molecule has 4 aromatic rings. The van der Waals surface area contributed by atoms with Gasteiger partial charge in [0.05, 0.1) is 11.6 Å². The number of amides is 1. The number of carbonyl (C=O) groups is 1. The van der Waals surface area contributed by atoms with E-state index in [1.165, 1.54) is 11.3 Å². The second-order valence-corrected chi connectivity index (χ2v) is 8.92. The lowest BCUT2D eigenvalue weighted by molar-refractivity contribution is -0.120. The summed E-state index contributed by atoms with van der Waals surface area (Å²) in [5.41, 5.74) is 3.66. The Morgan fingerprint density at radius 3 is 2.06 bits per heavy atom. The monoisotopic (exact) mass is 507 g/mol. The number of thiazole rings is 1. The first-order valence-corrected chi connectivity index (χ1v) is 11.6. The molecule has 4 rings (SSSR count). The maximum atomic E-state index is 13.1. The summed E-state index contributed by atoms with van der Waals surface area (Å²) in [6.45, 7) is 0. The van der Waals surface area contributed by atoms with Gasteiger partial charge in [0, 0.05) is 15.4 Å². The summed E-state index contributed by atoms with van der Waals surface area (Å²) in [5, 5.41) is 8.65. The highest BCUT2D eigenvalue weighted by Gasteiger charge is 2.23. The minimum atomic E-state index is -0.461. The van der Waals surface area contributed by atoms with Crippen molar-refractivity contribution < 1.29 is 4.79 Å². The molecule has 154 valence electrons. The van der Waals surface area contributed by atoms with Gasteiger partial charge in [-0.25, -0.2) is 4.98 Å². The smallest absolute Gasteiger partial charge is 0.238 e. The van der Waals surface area contributed by atoms with Gasteiger partial charge in [-0.1, -0.05) is 88.7 Å². The number of halogens is 1. The van der Waals surface area contributed by atoms with E-state index >= 15 is 0 Å². The summed E-state index contributed by atoms with van der Waals surface area (Å²) < 4.78 is 1.01. The third kappa shape index (κ3) is 5.44. The molecule has 0 saturated heterocycles. The highest BCUT2D eigenvalue weighted by molar-refractivity contribution is 9.10. The Balaban J connectivity index is 1.47. The standard InChI is InChI=1S/C24H18BrN3OS2/c25-19-13-11-16(12-14-19)20-15-31-24(26-20)28-23(30)27-22(29)21(17-7-3-1-4-8-17)18-9-5-2-6-10-18/h1-15,21H,(H2,26,27,28,29,30). The number of hydrogen-bond acceptors (Lipinski definition) is 4. The molecule has 0 bridgehead atoms. The van der Waals surface area contributed by atoms with Gasteiger partial charge in [0.2, 0.25) is 5.91 Å². The molecule has 31 heavy (non-hydrogen) atoms. The van der Waals surface area contributed by atoms with E-state index < -0.39 is 5.92 Å². The Morgan fingerprint density at radius 1 is 0.903 bits per heavy atom. The lowest BCUT2D eigenvalue weighted by Crippen LogP contribution is -2.37. The second kappa shape index (κ2) is 9.96. The van der Waals surface area contributed by atoms with E-state index in [0.717, 1.165) is 26.9 Å². The zero-order chi connectivity index (χ0) is 21.6. The lowest BCUT2D eigenvalue weighted by atomic mass is 9.90. The van der Waals surface area contributed by atoms with Gasteiger partial charge < -0.3 is 10.6 Å². The largest absolute Gasteiger partial charge is 0.308 e. The fraction of sp³-hybridized carbons (Fsp3) is 0.0417. The van der Waals surface area contributed by atoms with Crippen molar-refractivity contribution in [3.8, 4) is 11.3 Å². The molecule has 0 aliphatic rings. The van der Waals surface area contributed by atoms with Gasteiger partial charge in [-0.3, -0.25) is 4.79 Å². The molecular weight excluding hydrogens is 490 g/mol. The maximum absolute atomic E-state index is 13.1. The van der Waals surface area contributed by atoms with Crippen LogP contribution in [-0.4, -0.2) is 16.0 Å². The Bertz CT molecular complexity index is 1140. The zero-order valence-electron chi connectivity index (χ0n) is 16.3. The molecule has 0 fully saturated rings. The van der Waals surface area contributed by atoms with Crippen molar-refractivity contribution in [2.24, 2.45) is 0 Å². The van der Waals surface area contributed by atoms with Crippen molar-refractivity contribution in [1.82, 2.24) is 10.3 Å². The van der Waals surface area contributed by atoms with Crippen LogP contribution in [0, 0.1) is 0 Å². The molecule has 1 aromatic heterocycles. The van der Waals surface area contributed by atoms with Crippen molar-refractivity contribution in [1.29, 1.82) is 0 Å². The molecule has 4 nitrogen and oxygen atoms in total. The molecule has 2 N–H and O–H groups in total. The fourth-order valence-corrected chi connectivity index (χ4v) is 4.43. The van der Waals surface area contributed by atoms with Crippen molar-refractivity contribution in [3.05, 3.63) is 106 Å². The van der Waals surface area contributed by atoms with Crippen molar-refractivity contribution >= 4 is 55.6 Å². The lowest BCUT2D eigenvalue weighted by Gasteiger charge is -2.18. The SMILES string of the molecule is O=C(NC(=S)Nc1nc(-c2ccc(Br)cc2)cs1)C(c1ccccc1)c1ccccc1. The van der Waals surface area contributed by atoms with E-state index in [4.69, 9.17) is 12.2 Å². The van der Waals surface area contributed by atoms with Gasteiger partial charge in [0.25, 0.3) is 0 Å². The molecule has 0 saturated carbocycles. The number of nitrogens with zero attached hydrogens (tertiary/aromatic N) is 1. The van der Waals surface area contributed by atoms with Gasteiger partial charge in [0.15, 0.2) is 10.2 Å². The molecule has 0 spiro atoms. The Labute approximate surface area is 198 Å². The van der Waals surface area contributed by atoms with Gasteiger partial charge in [-0.15, -0.1) is 11.3 Å². The van der Waals surface area contributed by atoms with Crippen LogP contribution >= 0.6 is 39.5 Å². The van der Waals surface area contributed by atoms with E-state index in [2.05, 4.69) is 31.5 Å². The number of hydrogen-bond donors (Lipinski definition) is 2. The van der Waals surface area contributed by atoms with Crippen molar-refractivity contribution in [3.63, 3.8) is 0 Å². The Hall–Kier alpha value is -2.87. The van der Waals surface area contributed by atoms with Crippen LogP contribution in [0.4, 0.5) is 5.13 Å². The van der Waals surface area contributed by atoms with Gasteiger partial charge in [-0.05, 0) is 35.5 Å². The molecule has 0 aliphatic heterocycles. The highest BCUT2D eigenvalue weighted by atomic mass is 79.9. The van der Waals surface area contributed by atoms with Crippen molar-refractivity contribution in [2.45, 2.75) is 5.92 Å². The molecule has 1 heterocycles. The van der Waals surface area contributed by atoms with E-state index in [1.54, 1.807) is 0 Å². The Morgan fingerprint density at radius 2 is 1.48 bits per heavy atom. The topological polar surface area (TPSA) is 54.0 Å². The van der Waals surface area contributed by atoms with E-state index in [0.29, 0.717) is 5.13 Å². The second-order valence-electron chi connectivity index (χ2n) is 6.74. The summed E-state index contributed by atoms with van der Waals surface area (Å²) in [5.74, 6) is -0.656. The predicted molar refractivity (Wildman–Crippen MR) is 134 cm³/mol. The number of rotatable bonds is 5. The summed E-state index contributed by atoms with van der Waals surface area (Å²) in [6, 6.07) is 27.3. The zero-order valence-corrected chi connectivity index (χ0v) is 19.5. The molecule has 0 atom stereocenters. The molecule has 0 radical (unpaired) electrons. The van der Waals surface area contributed by atoms with Gasteiger partial charge in [-0.2, -0.15) is 0 Å². The average molecular weight is 508 g/mol. The van der Waals surface area contributed by atoms with Crippen LogP contribution in [-0.2, 0) is 4.79 Å². The van der Waals surface area contributed by atoms with Crippen LogP contribution in [0.1, 0.15) is 17.0 Å². The number of aromatic nitrogens is 1. The summed E-state index contributed by atoms with van der Waals surface area (Å²) in [4.78, 5) is 17.7. The van der Waals surface area contributed by atoms with Gasteiger partial charge in [0.1, 0.15) is 0 Å². The third-order valence-electron chi connectivity index (χ3n) is 4.63. The summed E-state index contributed by atoms with van der Waals surface area (Å²) in [6.07, 6.45) is 0. The quantitative estimate of drug-likeness (QED) is 0.315. The first-order valence-electron chi connectivity index (χ1n) is 9.53. The number of benzene rings is 3.